The normalized spacial score (nSPS) is 12.0. The number of nitrogens with two attached hydrogens (primary N) is 1. The number of rotatable bonds is 6. The summed E-state index contributed by atoms with van der Waals surface area (Å²) in [6, 6.07) is 14.6. The minimum Gasteiger partial charge on any atom is -0.380 e. The summed E-state index contributed by atoms with van der Waals surface area (Å²) in [5.41, 5.74) is 10.6. The van der Waals surface area contributed by atoms with Gasteiger partial charge >= 0.3 is 0 Å². The van der Waals surface area contributed by atoms with Crippen LogP contribution in [-0.4, -0.2) is 28.2 Å². The van der Waals surface area contributed by atoms with Crippen molar-refractivity contribution in [3.8, 4) is 0 Å². The van der Waals surface area contributed by atoms with Crippen molar-refractivity contribution < 1.29 is 0 Å². The highest BCUT2D eigenvalue weighted by Crippen LogP contribution is 2.14. The zero-order valence-corrected chi connectivity index (χ0v) is 16.0. The summed E-state index contributed by atoms with van der Waals surface area (Å²) in [5.74, 6) is 0.409. The molecule has 0 fully saturated rings. The standard InChI is InChI=1S/C19H15Cl2N7/c20-15-7-3-1-5-13(15)11-25-27-18(22)17-19(24-10-9-23-17)28-26-12-14-6-2-4-8-16(14)21/h1-12H,(H2,22,27)(H,24,28)/b25-11-,26-12+. The molecule has 3 N–H and O–H groups in total. The molecule has 0 spiro atoms. The Labute approximate surface area is 171 Å². The summed E-state index contributed by atoms with van der Waals surface area (Å²) in [4.78, 5) is 8.36. The van der Waals surface area contributed by atoms with Gasteiger partial charge in [0.05, 0.1) is 12.4 Å². The third-order valence-electron chi connectivity index (χ3n) is 3.49. The highest BCUT2D eigenvalue weighted by Gasteiger charge is 2.08. The molecule has 9 heteroatoms. The molecule has 2 aromatic carbocycles. The van der Waals surface area contributed by atoms with Gasteiger partial charge in [0, 0.05) is 33.6 Å². The van der Waals surface area contributed by atoms with Crippen molar-refractivity contribution in [3.05, 3.63) is 87.8 Å². The van der Waals surface area contributed by atoms with Gasteiger partial charge in [0.25, 0.3) is 0 Å². The molecule has 3 aromatic rings. The van der Waals surface area contributed by atoms with Crippen molar-refractivity contribution in [3.63, 3.8) is 0 Å². The van der Waals surface area contributed by atoms with Gasteiger partial charge in [0.15, 0.2) is 17.3 Å². The van der Waals surface area contributed by atoms with Crippen LogP contribution in [0.15, 0.2) is 76.2 Å². The molecule has 1 heterocycles. The lowest BCUT2D eigenvalue weighted by Gasteiger charge is -2.05. The van der Waals surface area contributed by atoms with Crippen molar-refractivity contribution in [1.29, 1.82) is 0 Å². The molecule has 3 rings (SSSR count). The molecular formula is C19H15Cl2N7. The molecule has 140 valence electrons. The summed E-state index contributed by atoms with van der Waals surface area (Å²) in [6.07, 6.45) is 6.09. The number of hydrazone groups is 1. The van der Waals surface area contributed by atoms with Gasteiger partial charge in [-0.1, -0.05) is 59.6 Å². The van der Waals surface area contributed by atoms with E-state index in [1.54, 1.807) is 18.3 Å². The average molecular weight is 412 g/mol. The Hall–Kier alpha value is -3.29. The first-order valence-electron chi connectivity index (χ1n) is 8.11. The first-order valence-corrected chi connectivity index (χ1v) is 8.87. The van der Waals surface area contributed by atoms with Gasteiger partial charge in [-0.05, 0) is 12.1 Å². The maximum atomic E-state index is 6.10. The molecule has 7 nitrogen and oxygen atoms in total. The lowest BCUT2D eigenvalue weighted by atomic mass is 10.2. The maximum Gasteiger partial charge on any atom is 0.176 e. The molecule has 0 amide bonds. The molecular weight excluding hydrogens is 397 g/mol. The van der Waals surface area contributed by atoms with Crippen LogP contribution in [0.25, 0.3) is 0 Å². The largest absolute Gasteiger partial charge is 0.380 e. The molecule has 0 aliphatic carbocycles. The number of anilines is 1. The maximum absolute atomic E-state index is 6.10. The molecule has 0 aliphatic heterocycles. The van der Waals surface area contributed by atoms with Crippen LogP contribution in [0.5, 0.6) is 0 Å². The van der Waals surface area contributed by atoms with E-state index >= 15 is 0 Å². The second kappa shape index (κ2) is 9.59. The smallest absolute Gasteiger partial charge is 0.176 e. The summed E-state index contributed by atoms with van der Waals surface area (Å²) in [5, 5.41) is 13.2. The number of hydrogen-bond acceptors (Lipinski definition) is 6. The number of halogens is 2. The molecule has 0 saturated heterocycles. The Morgan fingerprint density at radius 2 is 1.50 bits per heavy atom. The highest BCUT2D eigenvalue weighted by molar-refractivity contribution is 6.33. The van der Waals surface area contributed by atoms with Gasteiger partial charge in [-0.2, -0.15) is 10.2 Å². The van der Waals surface area contributed by atoms with Crippen LogP contribution in [0.1, 0.15) is 16.8 Å². The minimum absolute atomic E-state index is 0.0758. The van der Waals surface area contributed by atoms with Crippen molar-refractivity contribution in [2.75, 3.05) is 5.43 Å². The van der Waals surface area contributed by atoms with E-state index < -0.39 is 0 Å². The minimum atomic E-state index is 0.0758. The summed E-state index contributed by atoms with van der Waals surface area (Å²) < 4.78 is 0. The van der Waals surface area contributed by atoms with Crippen LogP contribution < -0.4 is 11.2 Å². The fourth-order valence-corrected chi connectivity index (χ4v) is 2.50. The molecule has 0 unspecified atom stereocenters. The zero-order valence-electron chi connectivity index (χ0n) is 14.5. The monoisotopic (exact) mass is 411 g/mol. The average Bonchev–Trinajstić information content (AvgIpc) is 2.71. The summed E-state index contributed by atoms with van der Waals surface area (Å²) in [7, 11) is 0. The predicted molar refractivity (Wildman–Crippen MR) is 114 cm³/mol. The van der Waals surface area contributed by atoms with E-state index in [-0.39, 0.29) is 5.84 Å². The Bertz CT molecular complexity index is 1050. The topological polar surface area (TPSA) is 101 Å². The predicted octanol–water partition coefficient (Wildman–Crippen LogP) is 3.97. The molecule has 0 bridgehead atoms. The molecule has 28 heavy (non-hydrogen) atoms. The van der Waals surface area contributed by atoms with E-state index in [0.717, 1.165) is 11.1 Å². The van der Waals surface area contributed by atoms with E-state index in [1.165, 1.54) is 18.6 Å². The third kappa shape index (κ3) is 5.12. The molecule has 0 radical (unpaired) electrons. The van der Waals surface area contributed by atoms with Crippen LogP contribution in [0.3, 0.4) is 0 Å². The summed E-state index contributed by atoms with van der Waals surface area (Å²) >= 11 is 12.2. The van der Waals surface area contributed by atoms with Crippen molar-refractivity contribution >= 4 is 47.3 Å². The van der Waals surface area contributed by atoms with Crippen molar-refractivity contribution in [2.24, 2.45) is 21.0 Å². The van der Waals surface area contributed by atoms with E-state index in [2.05, 4.69) is 30.7 Å². The van der Waals surface area contributed by atoms with E-state index in [0.29, 0.717) is 21.6 Å². The quantitative estimate of drug-likeness (QED) is 0.363. The lowest BCUT2D eigenvalue weighted by Crippen LogP contribution is -2.17. The highest BCUT2D eigenvalue weighted by atomic mass is 35.5. The van der Waals surface area contributed by atoms with Crippen LogP contribution in [0, 0.1) is 0 Å². The SMILES string of the molecule is N/C(=N/N=C\c1ccccc1Cl)c1nccnc1N/N=C/c1ccccc1Cl. The molecule has 0 atom stereocenters. The van der Waals surface area contributed by atoms with Gasteiger partial charge in [-0.3, -0.25) is 5.43 Å². The molecule has 1 aromatic heterocycles. The summed E-state index contributed by atoms with van der Waals surface area (Å²) in [6.45, 7) is 0. The molecule has 0 aliphatic rings. The zero-order chi connectivity index (χ0) is 19.8. The first kappa shape index (κ1) is 19.5. The first-order chi connectivity index (χ1) is 13.6. The van der Waals surface area contributed by atoms with E-state index in [1.807, 2.05) is 36.4 Å². The Balaban J connectivity index is 1.76. The second-order valence-electron chi connectivity index (χ2n) is 5.40. The van der Waals surface area contributed by atoms with Crippen LogP contribution >= 0.6 is 23.2 Å². The van der Waals surface area contributed by atoms with E-state index in [4.69, 9.17) is 28.9 Å². The Morgan fingerprint density at radius 1 is 0.893 bits per heavy atom. The number of hydrogen-bond donors (Lipinski definition) is 2. The fraction of sp³-hybridized carbons (Fsp3) is 0. The third-order valence-corrected chi connectivity index (χ3v) is 4.18. The van der Waals surface area contributed by atoms with E-state index in [9.17, 15) is 0 Å². The number of amidine groups is 1. The number of benzene rings is 2. The second-order valence-corrected chi connectivity index (χ2v) is 6.21. The van der Waals surface area contributed by atoms with Crippen molar-refractivity contribution in [2.45, 2.75) is 0 Å². The fourth-order valence-electron chi connectivity index (χ4n) is 2.13. The van der Waals surface area contributed by atoms with Crippen molar-refractivity contribution in [1.82, 2.24) is 9.97 Å². The van der Waals surface area contributed by atoms with Gasteiger partial charge in [0.2, 0.25) is 0 Å². The van der Waals surface area contributed by atoms with Gasteiger partial charge in [-0.25, -0.2) is 9.97 Å². The number of aromatic nitrogens is 2. The Morgan fingerprint density at radius 3 is 2.18 bits per heavy atom. The van der Waals surface area contributed by atoms with Crippen LogP contribution in [0.2, 0.25) is 10.0 Å². The lowest BCUT2D eigenvalue weighted by molar-refractivity contribution is 1.12. The van der Waals surface area contributed by atoms with Gasteiger partial charge in [-0.15, -0.1) is 5.10 Å². The number of nitrogens with zero attached hydrogens (tertiary/aromatic N) is 5. The van der Waals surface area contributed by atoms with Gasteiger partial charge in [0.1, 0.15) is 0 Å². The van der Waals surface area contributed by atoms with Crippen LogP contribution in [0.4, 0.5) is 5.82 Å². The Kier molecular flexibility index (Phi) is 6.67. The van der Waals surface area contributed by atoms with Crippen LogP contribution in [-0.2, 0) is 0 Å². The van der Waals surface area contributed by atoms with Gasteiger partial charge < -0.3 is 5.73 Å². The number of nitrogens with one attached hydrogen (secondary N) is 1. The molecule has 0 saturated carbocycles.